The Kier molecular flexibility index (Phi) is 2.37. The molecule has 1 nitrogen and oxygen atoms in total. The highest BCUT2D eigenvalue weighted by atomic mass is 16.1. The summed E-state index contributed by atoms with van der Waals surface area (Å²) < 4.78 is 0. The van der Waals surface area contributed by atoms with Gasteiger partial charge in [-0.15, -0.1) is 0 Å². The maximum Gasteiger partial charge on any atom is 0.193 e. The third-order valence-electron chi connectivity index (χ3n) is 3.11. The van der Waals surface area contributed by atoms with E-state index >= 15 is 0 Å². The number of fused-ring (bicyclic) bond motifs is 1. The minimum Gasteiger partial charge on any atom is -0.289 e. The molecule has 0 heterocycles. The first kappa shape index (κ1) is 10.0. The van der Waals surface area contributed by atoms with Crippen LogP contribution in [0.5, 0.6) is 0 Å². The van der Waals surface area contributed by atoms with Crippen LogP contribution in [0.15, 0.2) is 60.7 Å². The summed E-state index contributed by atoms with van der Waals surface area (Å²) in [6.45, 7) is 0. The molecule has 3 rings (SSSR count). The molecule has 1 aliphatic carbocycles. The third-order valence-corrected chi connectivity index (χ3v) is 3.11. The first-order valence-electron chi connectivity index (χ1n) is 5.74. The molecule has 0 fully saturated rings. The van der Waals surface area contributed by atoms with E-state index in [4.69, 9.17) is 0 Å². The summed E-state index contributed by atoms with van der Waals surface area (Å²) in [5, 5.41) is 0. The summed E-state index contributed by atoms with van der Waals surface area (Å²) in [5.74, 6) is 0.121. The van der Waals surface area contributed by atoms with Crippen molar-refractivity contribution in [2.24, 2.45) is 0 Å². The van der Waals surface area contributed by atoms with Crippen LogP contribution >= 0.6 is 0 Å². The number of benzene rings is 2. The summed E-state index contributed by atoms with van der Waals surface area (Å²) in [6, 6.07) is 17.6. The molecule has 0 N–H and O–H groups in total. The Labute approximate surface area is 100 Å². The van der Waals surface area contributed by atoms with E-state index in [0.717, 1.165) is 23.1 Å². The van der Waals surface area contributed by atoms with E-state index in [9.17, 15) is 4.79 Å². The van der Waals surface area contributed by atoms with Crippen molar-refractivity contribution in [1.82, 2.24) is 0 Å². The van der Waals surface area contributed by atoms with E-state index in [-0.39, 0.29) is 5.78 Å². The van der Waals surface area contributed by atoms with Crippen LogP contribution in [-0.2, 0) is 6.42 Å². The highest BCUT2D eigenvalue weighted by Crippen LogP contribution is 2.29. The van der Waals surface area contributed by atoms with Crippen molar-refractivity contribution in [3.8, 4) is 0 Å². The first-order valence-corrected chi connectivity index (χ1v) is 5.74. The molecular weight excluding hydrogens is 208 g/mol. The predicted molar refractivity (Wildman–Crippen MR) is 68.9 cm³/mol. The van der Waals surface area contributed by atoms with Crippen molar-refractivity contribution >= 4 is 11.4 Å². The van der Waals surface area contributed by atoms with Crippen molar-refractivity contribution in [3.63, 3.8) is 0 Å². The lowest BCUT2D eigenvalue weighted by Gasteiger charge is -2.04. The molecule has 0 bridgehead atoms. The Hall–Kier alpha value is -2.15. The molecular formula is C16H12O. The molecule has 0 saturated carbocycles. The van der Waals surface area contributed by atoms with Crippen LogP contribution in [-0.4, -0.2) is 5.78 Å². The largest absolute Gasteiger partial charge is 0.289 e. The highest BCUT2D eigenvalue weighted by Gasteiger charge is 2.20. The van der Waals surface area contributed by atoms with Gasteiger partial charge < -0.3 is 0 Å². The molecule has 0 amide bonds. The Bertz CT molecular complexity index is 594. The Morgan fingerprint density at radius 3 is 2.41 bits per heavy atom. The van der Waals surface area contributed by atoms with Gasteiger partial charge in [0.25, 0.3) is 0 Å². The molecule has 2 aromatic carbocycles. The topological polar surface area (TPSA) is 17.1 Å². The van der Waals surface area contributed by atoms with Gasteiger partial charge in [-0.05, 0) is 17.5 Å². The van der Waals surface area contributed by atoms with E-state index in [0.29, 0.717) is 0 Å². The van der Waals surface area contributed by atoms with Gasteiger partial charge in [-0.25, -0.2) is 0 Å². The minimum absolute atomic E-state index is 0.121. The summed E-state index contributed by atoms with van der Waals surface area (Å²) in [6.07, 6.45) is 2.89. The Morgan fingerprint density at radius 2 is 1.59 bits per heavy atom. The second-order valence-corrected chi connectivity index (χ2v) is 4.17. The monoisotopic (exact) mass is 220 g/mol. The fourth-order valence-corrected chi connectivity index (χ4v) is 2.24. The van der Waals surface area contributed by atoms with E-state index in [1.807, 2.05) is 54.6 Å². The van der Waals surface area contributed by atoms with Crippen LogP contribution in [0.3, 0.4) is 0 Å². The zero-order chi connectivity index (χ0) is 11.7. The lowest BCUT2D eigenvalue weighted by atomic mass is 9.98. The van der Waals surface area contributed by atoms with Gasteiger partial charge in [0, 0.05) is 11.1 Å². The number of rotatable bonds is 2. The SMILES string of the molecule is O=C(C1=CCc2ccccc21)c1ccccc1. The smallest absolute Gasteiger partial charge is 0.193 e. The molecule has 0 spiro atoms. The molecule has 0 saturated heterocycles. The van der Waals surface area contributed by atoms with Gasteiger partial charge in [0.15, 0.2) is 5.78 Å². The fourth-order valence-electron chi connectivity index (χ4n) is 2.24. The number of allylic oxidation sites excluding steroid dienone is 2. The maximum atomic E-state index is 12.3. The zero-order valence-corrected chi connectivity index (χ0v) is 9.39. The second kappa shape index (κ2) is 4.02. The van der Waals surface area contributed by atoms with Crippen molar-refractivity contribution in [2.45, 2.75) is 6.42 Å². The number of carbonyl (C=O) groups excluding carboxylic acids is 1. The molecule has 0 atom stereocenters. The van der Waals surface area contributed by atoms with Gasteiger partial charge in [0.05, 0.1) is 0 Å². The number of hydrogen-bond acceptors (Lipinski definition) is 1. The van der Waals surface area contributed by atoms with Crippen LogP contribution in [0.2, 0.25) is 0 Å². The van der Waals surface area contributed by atoms with E-state index in [2.05, 4.69) is 6.07 Å². The summed E-state index contributed by atoms with van der Waals surface area (Å²) >= 11 is 0. The average Bonchev–Trinajstić information content (AvgIpc) is 2.83. The molecule has 1 heteroatoms. The molecule has 82 valence electrons. The molecule has 0 radical (unpaired) electrons. The molecule has 0 unspecified atom stereocenters. The van der Waals surface area contributed by atoms with Crippen LogP contribution in [0.1, 0.15) is 21.5 Å². The van der Waals surface area contributed by atoms with E-state index in [1.165, 1.54) is 5.56 Å². The molecule has 0 aromatic heterocycles. The maximum absolute atomic E-state index is 12.3. The standard InChI is InChI=1S/C16H12O/c17-16(13-7-2-1-3-8-13)15-11-10-12-6-4-5-9-14(12)15/h1-9,11H,10H2. The van der Waals surface area contributed by atoms with E-state index in [1.54, 1.807) is 0 Å². The number of Topliss-reactive ketones (excluding diaryl/α,β-unsaturated/α-hetero) is 1. The molecule has 17 heavy (non-hydrogen) atoms. The lowest BCUT2D eigenvalue weighted by Crippen LogP contribution is -2.01. The van der Waals surface area contributed by atoms with Crippen molar-refractivity contribution < 1.29 is 4.79 Å². The summed E-state index contributed by atoms with van der Waals surface area (Å²) in [5.41, 5.74) is 3.93. The van der Waals surface area contributed by atoms with Gasteiger partial charge in [0.2, 0.25) is 0 Å². The fraction of sp³-hybridized carbons (Fsp3) is 0.0625. The molecule has 0 aliphatic heterocycles. The highest BCUT2D eigenvalue weighted by molar-refractivity contribution is 6.29. The van der Waals surface area contributed by atoms with Gasteiger partial charge in [-0.2, -0.15) is 0 Å². The number of hydrogen-bond donors (Lipinski definition) is 0. The first-order chi connectivity index (χ1) is 8.36. The molecule has 1 aliphatic rings. The second-order valence-electron chi connectivity index (χ2n) is 4.17. The Morgan fingerprint density at radius 1 is 0.882 bits per heavy atom. The van der Waals surface area contributed by atoms with Crippen LogP contribution in [0.4, 0.5) is 0 Å². The van der Waals surface area contributed by atoms with Crippen LogP contribution < -0.4 is 0 Å². The van der Waals surface area contributed by atoms with Gasteiger partial charge in [-0.3, -0.25) is 4.79 Å². The molecule has 2 aromatic rings. The quantitative estimate of drug-likeness (QED) is 0.708. The van der Waals surface area contributed by atoms with Crippen LogP contribution in [0, 0.1) is 0 Å². The summed E-state index contributed by atoms with van der Waals surface area (Å²) in [4.78, 5) is 12.3. The van der Waals surface area contributed by atoms with Gasteiger partial charge in [-0.1, -0.05) is 60.7 Å². The minimum atomic E-state index is 0.121. The average molecular weight is 220 g/mol. The predicted octanol–water partition coefficient (Wildman–Crippen LogP) is 3.51. The lowest BCUT2D eigenvalue weighted by molar-refractivity contribution is 0.105. The number of ketones is 1. The number of carbonyl (C=O) groups is 1. The van der Waals surface area contributed by atoms with E-state index < -0.39 is 0 Å². The van der Waals surface area contributed by atoms with Crippen LogP contribution in [0.25, 0.3) is 5.57 Å². The Balaban J connectivity index is 2.01. The third kappa shape index (κ3) is 1.70. The zero-order valence-electron chi connectivity index (χ0n) is 9.39. The summed E-state index contributed by atoms with van der Waals surface area (Å²) in [7, 11) is 0. The van der Waals surface area contributed by atoms with Crippen molar-refractivity contribution in [3.05, 3.63) is 77.4 Å². The van der Waals surface area contributed by atoms with Gasteiger partial charge >= 0.3 is 0 Å². The van der Waals surface area contributed by atoms with Crippen molar-refractivity contribution in [2.75, 3.05) is 0 Å². The van der Waals surface area contributed by atoms with Crippen molar-refractivity contribution in [1.29, 1.82) is 0 Å². The van der Waals surface area contributed by atoms with Gasteiger partial charge in [0.1, 0.15) is 0 Å². The normalized spacial score (nSPS) is 13.1.